The van der Waals surface area contributed by atoms with Crippen LogP contribution in [0.3, 0.4) is 0 Å². The Balaban J connectivity index is 2.14. The first kappa shape index (κ1) is 11.2. The van der Waals surface area contributed by atoms with E-state index < -0.39 is 0 Å². The molecule has 0 saturated carbocycles. The van der Waals surface area contributed by atoms with Gasteiger partial charge in [-0.15, -0.1) is 0 Å². The quantitative estimate of drug-likeness (QED) is 0.649. The largest absolute Gasteiger partial charge is 0.320 e. The second kappa shape index (κ2) is 4.72. The number of carbonyl (C=O) groups excluding carboxylic acids is 2. The summed E-state index contributed by atoms with van der Waals surface area (Å²) >= 11 is 7.05. The first-order valence-corrected chi connectivity index (χ1v) is 5.96. The Morgan fingerprint density at radius 2 is 2.06 bits per heavy atom. The van der Waals surface area contributed by atoms with Crippen molar-refractivity contribution in [1.29, 1.82) is 0 Å². The topological polar surface area (TPSA) is 46.2 Å². The molecule has 1 N–H and O–H groups in total. The summed E-state index contributed by atoms with van der Waals surface area (Å²) in [5.41, 5.74) is 0.554. The third-order valence-corrected chi connectivity index (χ3v) is 3.20. The number of amides is 1. The molecule has 0 aliphatic carbocycles. The number of halogens is 1. The Labute approximate surface area is 102 Å². The van der Waals surface area contributed by atoms with Crippen LogP contribution < -0.4 is 5.32 Å². The summed E-state index contributed by atoms with van der Waals surface area (Å²) in [6.07, 6.45) is 1.43. The second-order valence-electron chi connectivity index (χ2n) is 3.22. The molecule has 3 nitrogen and oxygen atoms in total. The third-order valence-electron chi connectivity index (χ3n) is 2.01. The lowest BCUT2D eigenvalue weighted by atomic mass is 10.1. The van der Waals surface area contributed by atoms with E-state index in [-0.39, 0.29) is 11.7 Å². The Kier molecular flexibility index (Phi) is 3.31. The predicted molar refractivity (Wildman–Crippen MR) is 64.5 cm³/mol. The van der Waals surface area contributed by atoms with Crippen molar-refractivity contribution < 1.29 is 9.59 Å². The lowest BCUT2D eigenvalue weighted by molar-refractivity contribution is -0.117. The van der Waals surface area contributed by atoms with Gasteiger partial charge in [-0.05, 0) is 24.3 Å². The zero-order valence-corrected chi connectivity index (χ0v) is 9.77. The van der Waals surface area contributed by atoms with E-state index in [9.17, 15) is 9.59 Å². The molecular weight excluding hydrogens is 246 g/mol. The van der Waals surface area contributed by atoms with Crippen molar-refractivity contribution in [1.82, 2.24) is 5.32 Å². The molecule has 1 amide bonds. The van der Waals surface area contributed by atoms with E-state index in [1.54, 1.807) is 24.3 Å². The molecule has 5 heteroatoms. The number of hydrogen-bond acceptors (Lipinski definition) is 3. The summed E-state index contributed by atoms with van der Waals surface area (Å²) < 4.78 is 0. The maximum Gasteiger partial charge on any atom is 0.235 e. The molecule has 0 radical (unpaired) electrons. The first-order valence-electron chi connectivity index (χ1n) is 4.59. The maximum atomic E-state index is 11.7. The molecule has 2 rings (SSSR count). The molecule has 1 aliphatic rings. The van der Waals surface area contributed by atoms with Crippen molar-refractivity contribution >= 4 is 35.1 Å². The molecule has 1 aromatic carbocycles. The molecule has 1 fully saturated rings. The lowest BCUT2D eigenvalue weighted by Crippen LogP contribution is -2.14. The third kappa shape index (κ3) is 2.65. The van der Waals surface area contributed by atoms with Crippen LogP contribution in [0.25, 0.3) is 0 Å². The van der Waals surface area contributed by atoms with Crippen LogP contribution >= 0.6 is 23.4 Å². The van der Waals surface area contributed by atoms with Gasteiger partial charge in [0.15, 0.2) is 5.78 Å². The van der Waals surface area contributed by atoms with Gasteiger partial charge in [-0.3, -0.25) is 9.59 Å². The van der Waals surface area contributed by atoms with E-state index in [0.29, 0.717) is 21.4 Å². The fourth-order valence-electron chi connectivity index (χ4n) is 1.25. The van der Waals surface area contributed by atoms with E-state index in [1.807, 2.05) is 0 Å². The zero-order chi connectivity index (χ0) is 11.5. The molecule has 82 valence electrons. The Bertz CT molecular complexity index is 467. The Morgan fingerprint density at radius 3 is 2.62 bits per heavy atom. The van der Waals surface area contributed by atoms with Crippen LogP contribution in [-0.2, 0) is 4.79 Å². The monoisotopic (exact) mass is 253 g/mol. The molecular formula is C11H8ClNO2S. The first-order chi connectivity index (χ1) is 7.65. The average molecular weight is 254 g/mol. The highest BCUT2D eigenvalue weighted by molar-refractivity contribution is 8.04. The fourth-order valence-corrected chi connectivity index (χ4v) is 2.11. The van der Waals surface area contributed by atoms with Gasteiger partial charge in [0.05, 0.1) is 10.8 Å². The molecule has 0 unspecified atom stereocenters. The molecule has 16 heavy (non-hydrogen) atoms. The van der Waals surface area contributed by atoms with Crippen molar-refractivity contribution in [3.63, 3.8) is 0 Å². The van der Waals surface area contributed by atoms with E-state index in [4.69, 9.17) is 11.6 Å². The van der Waals surface area contributed by atoms with Crippen LogP contribution in [0.15, 0.2) is 35.4 Å². The number of thioether (sulfide) groups is 1. The SMILES string of the molecule is O=C1CS/C(=C/C(=O)c2ccc(Cl)cc2)N1. The number of benzene rings is 1. The zero-order valence-electron chi connectivity index (χ0n) is 8.20. The predicted octanol–water partition coefficient (Wildman–Crippen LogP) is 2.23. The highest BCUT2D eigenvalue weighted by Crippen LogP contribution is 2.19. The van der Waals surface area contributed by atoms with E-state index >= 15 is 0 Å². The van der Waals surface area contributed by atoms with Gasteiger partial charge in [-0.25, -0.2) is 0 Å². The summed E-state index contributed by atoms with van der Waals surface area (Å²) in [5.74, 6) is 0.168. The van der Waals surface area contributed by atoms with Gasteiger partial charge in [-0.1, -0.05) is 23.4 Å². The van der Waals surface area contributed by atoms with Crippen LogP contribution in [0.4, 0.5) is 0 Å². The smallest absolute Gasteiger partial charge is 0.235 e. The van der Waals surface area contributed by atoms with E-state index in [2.05, 4.69) is 5.32 Å². The van der Waals surface area contributed by atoms with Crippen LogP contribution in [0.2, 0.25) is 5.02 Å². The summed E-state index contributed by atoms with van der Waals surface area (Å²) in [5, 5.41) is 3.80. The van der Waals surface area contributed by atoms with Crippen molar-refractivity contribution in [3.8, 4) is 0 Å². The maximum absolute atomic E-state index is 11.7. The summed E-state index contributed by atoms with van der Waals surface area (Å²) in [6, 6.07) is 6.63. The normalized spacial score (nSPS) is 17.6. The molecule has 1 saturated heterocycles. The van der Waals surface area contributed by atoms with E-state index in [0.717, 1.165) is 0 Å². The summed E-state index contributed by atoms with van der Waals surface area (Å²) in [7, 11) is 0. The van der Waals surface area contributed by atoms with Crippen LogP contribution in [0.1, 0.15) is 10.4 Å². The molecule has 0 atom stereocenters. The average Bonchev–Trinajstić information content (AvgIpc) is 2.65. The van der Waals surface area contributed by atoms with Gasteiger partial charge in [0.2, 0.25) is 5.91 Å². The van der Waals surface area contributed by atoms with Crippen LogP contribution in [0.5, 0.6) is 0 Å². The molecule has 0 aromatic heterocycles. The minimum Gasteiger partial charge on any atom is -0.320 e. The fraction of sp³-hybridized carbons (Fsp3) is 0.0909. The lowest BCUT2D eigenvalue weighted by Gasteiger charge is -1.98. The highest BCUT2D eigenvalue weighted by Gasteiger charge is 2.16. The number of ketones is 1. The highest BCUT2D eigenvalue weighted by atomic mass is 35.5. The van der Waals surface area contributed by atoms with E-state index in [1.165, 1.54) is 17.8 Å². The summed E-state index contributed by atoms with van der Waals surface area (Å²) in [4.78, 5) is 22.6. The van der Waals surface area contributed by atoms with Crippen molar-refractivity contribution in [2.24, 2.45) is 0 Å². The molecule has 0 bridgehead atoms. The van der Waals surface area contributed by atoms with Gasteiger partial charge in [0.25, 0.3) is 0 Å². The minimum atomic E-state index is -0.138. The Morgan fingerprint density at radius 1 is 1.38 bits per heavy atom. The number of carbonyl (C=O) groups is 2. The minimum absolute atomic E-state index is 0.0693. The van der Waals surface area contributed by atoms with Gasteiger partial charge in [-0.2, -0.15) is 0 Å². The van der Waals surface area contributed by atoms with Crippen molar-refractivity contribution in [3.05, 3.63) is 46.0 Å². The van der Waals surface area contributed by atoms with Crippen molar-refractivity contribution in [2.75, 3.05) is 5.75 Å². The standard InChI is InChI=1S/C11H8ClNO2S/c12-8-3-1-7(2-4-8)9(14)5-11-13-10(15)6-16-11/h1-5H,6H2,(H,13,15)/b11-5+. The van der Waals surface area contributed by atoms with Crippen LogP contribution in [0, 0.1) is 0 Å². The van der Waals surface area contributed by atoms with Crippen molar-refractivity contribution in [2.45, 2.75) is 0 Å². The van der Waals surface area contributed by atoms with Crippen LogP contribution in [-0.4, -0.2) is 17.4 Å². The number of allylic oxidation sites excluding steroid dienone is 1. The second-order valence-corrected chi connectivity index (χ2v) is 4.67. The number of nitrogens with one attached hydrogen (secondary N) is 1. The Hall–Kier alpha value is -1.26. The molecule has 1 heterocycles. The van der Waals surface area contributed by atoms with Gasteiger partial charge in [0, 0.05) is 16.7 Å². The molecule has 1 aliphatic heterocycles. The number of hydrogen-bond donors (Lipinski definition) is 1. The number of rotatable bonds is 2. The van der Waals surface area contributed by atoms with Gasteiger partial charge < -0.3 is 5.32 Å². The molecule has 1 aromatic rings. The van der Waals surface area contributed by atoms with Gasteiger partial charge in [0.1, 0.15) is 0 Å². The summed E-state index contributed by atoms with van der Waals surface area (Å²) in [6.45, 7) is 0. The van der Waals surface area contributed by atoms with Gasteiger partial charge >= 0.3 is 0 Å². The molecule has 0 spiro atoms.